The summed E-state index contributed by atoms with van der Waals surface area (Å²) in [5.74, 6) is -0.220. The van der Waals surface area contributed by atoms with Crippen molar-refractivity contribution in [2.45, 2.75) is 27.3 Å². The van der Waals surface area contributed by atoms with Gasteiger partial charge < -0.3 is 5.32 Å². The Kier molecular flexibility index (Phi) is 5.65. The van der Waals surface area contributed by atoms with Crippen molar-refractivity contribution < 1.29 is 9.59 Å². The maximum Gasteiger partial charge on any atom is 0.250 e. The van der Waals surface area contributed by atoms with Gasteiger partial charge in [-0.2, -0.15) is 0 Å². The Bertz CT molecular complexity index is 729. The zero-order chi connectivity index (χ0) is 16.8. The van der Waals surface area contributed by atoms with Crippen molar-refractivity contribution in [2.75, 3.05) is 5.32 Å². The van der Waals surface area contributed by atoms with Crippen molar-refractivity contribution in [1.29, 1.82) is 0 Å². The number of nitrogens with one attached hydrogen (secondary N) is 2. The van der Waals surface area contributed by atoms with Crippen LogP contribution in [-0.4, -0.2) is 16.8 Å². The van der Waals surface area contributed by atoms with Crippen molar-refractivity contribution in [3.63, 3.8) is 0 Å². The number of hydrogen-bond acceptors (Lipinski definition) is 4. The fraction of sp³-hybridized carbons (Fsp3) is 0.235. The average Bonchev–Trinajstić information content (AvgIpc) is 2.93. The van der Waals surface area contributed by atoms with Gasteiger partial charge in [0.05, 0.1) is 5.69 Å². The minimum Gasteiger partial charge on any atom is -0.352 e. The summed E-state index contributed by atoms with van der Waals surface area (Å²) in [6, 6.07) is 7.81. The molecule has 2 N–H and O–H groups in total. The summed E-state index contributed by atoms with van der Waals surface area (Å²) in [7, 11) is 0. The van der Waals surface area contributed by atoms with Crippen LogP contribution >= 0.6 is 11.3 Å². The fourth-order valence-electron chi connectivity index (χ4n) is 1.89. The lowest BCUT2D eigenvalue weighted by Crippen LogP contribution is -2.18. The molecule has 5 nitrogen and oxygen atoms in total. The molecule has 0 aliphatic rings. The van der Waals surface area contributed by atoms with Gasteiger partial charge in [-0.25, -0.2) is 4.98 Å². The third kappa shape index (κ3) is 5.34. The maximum atomic E-state index is 11.7. The molecule has 1 aromatic carbocycles. The molecule has 1 heterocycles. The van der Waals surface area contributed by atoms with E-state index in [-0.39, 0.29) is 11.8 Å². The lowest BCUT2D eigenvalue weighted by atomic mass is 10.1. The Morgan fingerprint density at radius 2 is 1.87 bits per heavy atom. The molecule has 6 heteroatoms. The van der Waals surface area contributed by atoms with E-state index in [1.165, 1.54) is 24.3 Å². The van der Waals surface area contributed by atoms with Crippen LogP contribution in [0.4, 0.5) is 5.13 Å². The Hall–Kier alpha value is -2.47. The van der Waals surface area contributed by atoms with Crippen LogP contribution in [0.2, 0.25) is 0 Å². The summed E-state index contributed by atoms with van der Waals surface area (Å²) in [6.45, 7) is 5.75. The van der Waals surface area contributed by atoms with Gasteiger partial charge in [-0.3, -0.25) is 14.9 Å². The molecule has 0 unspecified atom stereocenters. The molecule has 0 radical (unpaired) electrons. The molecule has 120 valence electrons. The van der Waals surface area contributed by atoms with Gasteiger partial charge in [0.1, 0.15) is 0 Å². The highest BCUT2D eigenvalue weighted by atomic mass is 32.1. The van der Waals surface area contributed by atoms with Crippen LogP contribution in [0, 0.1) is 0 Å². The normalized spacial score (nSPS) is 10.0. The summed E-state index contributed by atoms with van der Waals surface area (Å²) in [5.41, 5.74) is 3.74. The highest BCUT2D eigenvalue weighted by Crippen LogP contribution is 2.25. The van der Waals surface area contributed by atoms with Crippen molar-refractivity contribution in [1.82, 2.24) is 10.3 Å². The molecule has 2 aromatic rings. The number of rotatable bonds is 5. The number of allylic oxidation sites excluding steroid dienone is 1. The highest BCUT2D eigenvalue weighted by Gasteiger charge is 2.07. The molecule has 0 bridgehead atoms. The number of hydrogen-bond donors (Lipinski definition) is 2. The van der Waals surface area contributed by atoms with Gasteiger partial charge in [0, 0.05) is 30.5 Å². The van der Waals surface area contributed by atoms with E-state index in [0.29, 0.717) is 11.7 Å². The van der Waals surface area contributed by atoms with Crippen LogP contribution in [-0.2, 0) is 16.1 Å². The SMILES string of the molecule is CC(=O)NCc1ccc(-c2csc(NC(=O)C=C(C)C)n2)cc1. The van der Waals surface area contributed by atoms with E-state index in [4.69, 9.17) is 0 Å². The molecule has 0 saturated carbocycles. The molecule has 2 rings (SSSR count). The number of nitrogens with zero attached hydrogens (tertiary/aromatic N) is 1. The number of carbonyl (C=O) groups is 2. The molecule has 23 heavy (non-hydrogen) atoms. The van der Waals surface area contributed by atoms with Crippen molar-refractivity contribution >= 4 is 28.3 Å². The highest BCUT2D eigenvalue weighted by molar-refractivity contribution is 7.14. The third-order valence-electron chi connectivity index (χ3n) is 2.95. The van der Waals surface area contributed by atoms with Crippen LogP contribution in [0.15, 0.2) is 41.3 Å². The van der Waals surface area contributed by atoms with Gasteiger partial charge in [-0.05, 0) is 19.4 Å². The van der Waals surface area contributed by atoms with Crippen molar-refractivity contribution in [3.05, 3.63) is 46.9 Å². The number of carbonyl (C=O) groups excluding carboxylic acids is 2. The first-order valence-corrected chi connectivity index (χ1v) is 8.07. The monoisotopic (exact) mass is 329 g/mol. The second-order valence-corrected chi connectivity index (χ2v) is 6.21. The molecular formula is C17H19N3O2S. The Morgan fingerprint density at radius 3 is 2.48 bits per heavy atom. The molecule has 2 amide bonds. The molecule has 0 spiro atoms. The minimum atomic E-state index is -0.170. The molecule has 0 aliphatic carbocycles. The number of aromatic nitrogens is 1. The first kappa shape index (κ1) is 16.9. The number of amides is 2. The van der Waals surface area contributed by atoms with Gasteiger partial charge >= 0.3 is 0 Å². The average molecular weight is 329 g/mol. The number of thiazole rings is 1. The maximum absolute atomic E-state index is 11.7. The lowest BCUT2D eigenvalue weighted by molar-refractivity contribution is -0.119. The van der Waals surface area contributed by atoms with E-state index in [0.717, 1.165) is 22.4 Å². The second kappa shape index (κ2) is 7.69. The van der Waals surface area contributed by atoms with Crippen molar-refractivity contribution in [2.24, 2.45) is 0 Å². The predicted molar refractivity (Wildman–Crippen MR) is 93.1 cm³/mol. The Labute approximate surface area is 139 Å². The summed E-state index contributed by atoms with van der Waals surface area (Å²) in [5, 5.41) is 7.99. The van der Waals surface area contributed by atoms with Crippen LogP contribution in [0.3, 0.4) is 0 Å². The zero-order valence-electron chi connectivity index (χ0n) is 13.3. The largest absolute Gasteiger partial charge is 0.352 e. The first-order valence-electron chi connectivity index (χ1n) is 7.19. The Morgan fingerprint density at radius 1 is 1.17 bits per heavy atom. The van der Waals surface area contributed by atoms with Gasteiger partial charge in [0.2, 0.25) is 11.8 Å². The van der Waals surface area contributed by atoms with E-state index in [1.54, 1.807) is 0 Å². The van der Waals surface area contributed by atoms with Crippen LogP contribution in [0.1, 0.15) is 26.3 Å². The van der Waals surface area contributed by atoms with E-state index in [9.17, 15) is 9.59 Å². The summed E-state index contributed by atoms with van der Waals surface area (Å²) < 4.78 is 0. The number of benzene rings is 1. The zero-order valence-corrected chi connectivity index (χ0v) is 14.2. The minimum absolute atomic E-state index is 0.0506. The predicted octanol–water partition coefficient (Wildman–Crippen LogP) is 3.35. The molecular weight excluding hydrogens is 310 g/mol. The van der Waals surface area contributed by atoms with Gasteiger partial charge in [0.25, 0.3) is 0 Å². The van der Waals surface area contributed by atoms with Crippen LogP contribution in [0.25, 0.3) is 11.3 Å². The van der Waals surface area contributed by atoms with E-state index in [1.807, 2.05) is 43.5 Å². The molecule has 0 fully saturated rings. The summed E-state index contributed by atoms with van der Waals surface area (Å²) in [6.07, 6.45) is 1.54. The van der Waals surface area contributed by atoms with Crippen LogP contribution < -0.4 is 10.6 Å². The summed E-state index contributed by atoms with van der Waals surface area (Å²) in [4.78, 5) is 27.0. The molecule has 0 atom stereocenters. The van der Waals surface area contributed by atoms with Gasteiger partial charge in [0.15, 0.2) is 5.13 Å². The molecule has 0 aliphatic heterocycles. The summed E-state index contributed by atoms with van der Waals surface area (Å²) >= 11 is 1.39. The van der Waals surface area contributed by atoms with Crippen LogP contribution in [0.5, 0.6) is 0 Å². The topological polar surface area (TPSA) is 71.1 Å². The quantitative estimate of drug-likeness (QED) is 0.826. The molecule has 1 aromatic heterocycles. The molecule has 0 saturated heterocycles. The Balaban J connectivity index is 2.04. The van der Waals surface area contributed by atoms with Crippen molar-refractivity contribution in [3.8, 4) is 11.3 Å². The van der Waals surface area contributed by atoms with Gasteiger partial charge in [-0.15, -0.1) is 11.3 Å². The second-order valence-electron chi connectivity index (χ2n) is 5.36. The van der Waals surface area contributed by atoms with Gasteiger partial charge in [-0.1, -0.05) is 29.8 Å². The lowest BCUT2D eigenvalue weighted by Gasteiger charge is -2.03. The smallest absolute Gasteiger partial charge is 0.250 e. The third-order valence-corrected chi connectivity index (χ3v) is 3.70. The van der Waals surface area contributed by atoms with E-state index in [2.05, 4.69) is 15.6 Å². The standard InChI is InChI=1S/C17H19N3O2S/c1-11(2)8-16(22)20-17-19-15(10-23-17)14-6-4-13(5-7-14)9-18-12(3)21/h4-8,10H,9H2,1-3H3,(H,18,21)(H,19,20,22). The van der Waals surface area contributed by atoms with E-state index >= 15 is 0 Å². The number of anilines is 1. The first-order chi connectivity index (χ1) is 10.9. The fourth-order valence-corrected chi connectivity index (χ4v) is 2.61. The van der Waals surface area contributed by atoms with E-state index < -0.39 is 0 Å².